The molecule has 0 unspecified atom stereocenters. The van der Waals surface area contributed by atoms with Crippen LogP contribution < -0.4 is 51.4 Å². The van der Waals surface area contributed by atoms with Crippen LogP contribution in [0.15, 0.2) is 107 Å². The number of aliphatic hydroxyl groups is 1. The van der Waals surface area contributed by atoms with E-state index in [0.29, 0.717) is 11.3 Å². The second kappa shape index (κ2) is 13.9. The van der Waals surface area contributed by atoms with Gasteiger partial charge in [-0.1, -0.05) is 117 Å². The van der Waals surface area contributed by atoms with Crippen molar-refractivity contribution in [2.24, 2.45) is 0 Å². The van der Waals surface area contributed by atoms with Gasteiger partial charge in [-0.3, -0.25) is 0 Å². The van der Waals surface area contributed by atoms with Gasteiger partial charge < -0.3 is 25.7 Å². The number of aromatic hydroxyl groups is 3. The van der Waals surface area contributed by atoms with Gasteiger partial charge in [-0.05, 0) is 45.5 Å². The summed E-state index contributed by atoms with van der Waals surface area (Å²) >= 11 is 1.70. The van der Waals surface area contributed by atoms with Gasteiger partial charge in [0.05, 0.1) is 0 Å². The maximum atomic E-state index is 10.7. The number of rotatable bonds is 5. The van der Waals surface area contributed by atoms with Crippen molar-refractivity contribution in [2.75, 3.05) is 7.11 Å². The summed E-state index contributed by atoms with van der Waals surface area (Å²) in [5.74, 6) is -1.42. The van der Waals surface area contributed by atoms with E-state index in [2.05, 4.69) is 50.4 Å². The Kier molecular flexibility index (Phi) is 11.1. The van der Waals surface area contributed by atoms with Gasteiger partial charge in [0.1, 0.15) is 5.75 Å². The molecule has 7 heteroatoms. The molecule has 5 nitrogen and oxygen atoms in total. The van der Waals surface area contributed by atoms with E-state index in [1.54, 1.807) is 17.8 Å². The van der Waals surface area contributed by atoms with Crippen molar-refractivity contribution in [1.29, 1.82) is 0 Å². The number of fused-ring (bicyclic) bond motifs is 1. The third-order valence-corrected chi connectivity index (χ3v) is 7.40. The van der Waals surface area contributed by atoms with Crippen LogP contribution in [0, 0.1) is 0 Å². The number of hydrogen-bond acceptors (Lipinski definition) is 5. The van der Waals surface area contributed by atoms with Crippen LogP contribution in [0.1, 0.15) is 26.3 Å². The summed E-state index contributed by atoms with van der Waals surface area (Å²) in [4.78, 5) is 2.28. The average Bonchev–Trinajstić information content (AvgIpc) is 2.95. The summed E-state index contributed by atoms with van der Waals surface area (Å²) in [7, 11) is 1.00. The van der Waals surface area contributed by atoms with Gasteiger partial charge in [0.15, 0.2) is 11.5 Å². The van der Waals surface area contributed by atoms with Gasteiger partial charge in [-0.25, -0.2) is 0 Å². The Labute approximate surface area is 282 Å². The predicted octanol–water partition coefficient (Wildman–Crippen LogP) is 6.02. The van der Waals surface area contributed by atoms with Crippen LogP contribution in [0.3, 0.4) is 0 Å². The molecule has 0 heterocycles. The van der Waals surface area contributed by atoms with Gasteiger partial charge in [0, 0.05) is 22.5 Å². The van der Waals surface area contributed by atoms with Gasteiger partial charge in [0.2, 0.25) is 0 Å². The molecule has 0 spiro atoms. The quantitative estimate of drug-likeness (QED) is 0.151. The molecular formula is C33H32KNO4S. The molecule has 0 aliphatic rings. The zero-order valence-corrected chi connectivity index (χ0v) is 27.3. The smallest absolute Gasteiger partial charge is 0.655 e. The Bertz CT molecular complexity index is 1590. The van der Waals surface area contributed by atoms with Crippen LogP contribution in [0.25, 0.3) is 27.2 Å². The molecule has 0 saturated heterocycles. The molecule has 0 aliphatic carbocycles. The van der Waals surface area contributed by atoms with E-state index in [-0.39, 0.29) is 68.2 Å². The normalized spacial score (nSPS) is 10.8. The molecule has 0 bridgehead atoms. The van der Waals surface area contributed by atoms with Gasteiger partial charge >= 0.3 is 51.4 Å². The van der Waals surface area contributed by atoms with E-state index in [0.717, 1.165) is 28.3 Å². The molecule has 0 fully saturated rings. The number of hydrogen-bond donors (Lipinski definition) is 4. The molecule has 0 atom stereocenters. The fraction of sp³-hybridized carbons (Fsp3) is 0.152. The molecule has 5 aromatic rings. The Morgan fingerprint density at radius 3 is 1.98 bits per heavy atom. The Balaban J connectivity index is 0.00000144. The second-order valence-corrected chi connectivity index (χ2v) is 11.1. The Hall–Kier alpha value is -2.49. The van der Waals surface area contributed by atoms with Crippen molar-refractivity contribution >= 4 is 33.9 Å². The number of benzene rings is 5. The molecule has 5 aromatic carbocycles. The zero-order valence-electron chi connectivity index (χ0n) is 23.4. The van der Waals surface area contributed by atoms with Crippen molar-refractivity contribution in [3.05, 3.63) is 108 Å². The van der Waals surface area contributed by atoms with Gasteiger partial charge in [-0.2, -0.15) is 0 Å². The largest absolute Gasteiger partial charge is 1.00 e. The number of phenols is 3. The van der Waals surface area contributed by atoms with Gasteiger partial charge in [-0.15, -0.1) is 5.69 Å². The standard InChI is InChI=1S/C32H28NO3S.CH4O.K/c1-32(2,3)26-13-6-7-14-28(26)37-22-17-15-21(16-18-22)33-27-19-25(29(34)31(36)30(27)35)24-12-8-10-20-9-4-5-11-23(20)24;1-2;/h4-19,34-36H,1-3H3;2H,1H3;/q-1;;+1. The van der Waals surface area contributed by atoms with Crippen LogP contribution in [-0.4, -0.2) is 27.5 Å². The first-order valence-electron chi connectivity index (χ1n) is 12.5. The third kappa shape index (κ3) is 7.04. The summed E-state index contributed by atoms with van der Waals surface area (Å²) in [6.45, 7) is 6.63. The number of phenolic OH excluding ortho intramolecular Hbond substituents is 3. The van der Waals surface area contributed by atoms with E-state index >= 15 is 0 Å². The van der Waals surface area contributed by atoms with E-state index < -0.39 is 11.5 Å². The van der Waals surface area contributed by atoms with E-state index in [1.807, 2.05) is 66.7 Å². The Morgan fingerprint density at radius 2 is 1.27 bits per heavy atom. The summed E-state index contributed by atoms with van der Waals surface area (Å²) in [6, 6.07) is 31.3. The van der Waals surface area contributed by atoms with Crippen LogP contribution in [-0.2, 0) is 5.41 Å². The molecule has 4 N–H and O–H groups in total. The van der Waals surface area contributed by atoms with Crippen molar-refractivity contribution < 1.29 is 71.8 Å². The van der Waals surface area contributed by atoms with Crippen molar-refractivity contribution in [3.63, 3.8) is 0 Å². The Morgan fingerprint density at radius 1 is 0.650 bits per heavy atom. The summed E-state index contributed by atoms with van der Waals surface area (Å²) in [5.41, 5.74) is 3.27. The molecule has 0 radical (unpaired) electrons. The molecule has 0 saturated carbocycles. The fourth-order valence-corrected chi connectivity index (χ4v) is 5.57. The molecule has 0 amide bonds. The van der Waals surface area contributed by atoms with E-state index in [4.69, 9.17) is 5.11 Å². The van der Waals surface area contributed by atoms with Crippen molar-refractivity contribution in [2.45, 2.75) is 36.0 Å². The summed E-state index contributed by atoms with van der Waals surface area (Å²) < 4.78 is 0. The van der Waals surface area contributed by atoms with Crippen LogP contribution in [0.2, 0.25) is 0 Å². The molecule has 40 heavy (non-hydrogen) atoms. The second-order valence-electron chi connectivity index (χ2n) is 9.97. The number of nitrogens with zero attached hydrogens (tertiary/aromatic N) is 1. The van der Waals surface area contributed by atoms with Crippen LogP contribution in [0.5, 0.6) is 17.2 Å². The first kappa shape index (κ1) is 32.0. The summed E-state index contributed by atoms with van der Waals surface area (Å²) in [6.07, 6.45) is 0. The van der Waals surface area contributed by atoms with Crippen molar-refractivity contribution in [1.82, 2.24) is 0 Å². The summed E-state index contributed by atoms with van der Waals surface area (Å²) in [5, 5.41) is 45.3. The minimum Gasteiger partial charge on any atom is -0.655 e. The monoisotopic (exact) mass is 577 g/mol. The average molecular weight is 578 g/mol. The first-order valence-corrected chi connectivity index (χ1v) is 13.3. The van der Waals surface area contributed by atoms with Crippen LogP contribution in [0.4, 0.5) is 11.4 Å². The van der Waals surface area contributed by atoms with Gasteiger partial charge in [0.25, 0.3) is 0 Å². The minimum absolute atomic E-state index is 0. The fourth-order valence-electron chi connectivity index (χ4n) is 4.42. The zero-order chi connectivity index (χ0) is 28.2. The topological polar surface area (TPSA) is 95.0 Å². The maximum Gasteiger partial charge on any atom is 1.00 e. The molecule has 0 aliphatic heterocycles. The SMILES string of the molecule is CC(C)(C)c1ccccc1Sc1ccc([N-]c2cc(-c3cccc4ccccc34)c(O)c(O)c2O)cc1.CO.[K+]. The third-order valence-electron chi connectivity index (χ3n) is 6.32. The number of aliphatic hydroxyl groups excluding tert-OH is 1. The predicted molar refractivity (Wildman–Crippen MR) is 161 cm³/mol. The minimum atomic E-state index is -0.588. The van der Waals surface area contributed by atoms with Crippen LogP contribution >= 0.6 is 11.8 Å². The first-order chi connectivity index (χ1) is 18.7. The maximum absolute atomic E-state index is 10.7. The van der Waals surface area contributed by atoms with E-state index in [1.165, 1.54) is 10.5 Å². The molecule has 5 rings (SSSR count). The van der Waals surface area contributed by atoms with Crippen molar-refractivity contribution in [3.8, 4) is 28.4 Å². The van der Waals surface area contributed by atoms with E-state index in [9.17, 15) is 15.3 Å². The molecule has 0 aromatic heterocycles. The molecular weight excluding hydrogens is 546 g/mol. The molecule has 200 valence electrons.